The zero-order valence-electron chi connectivity index (χ0n) is 7.69. The van der Waals surface area contributed by atoms with E-state index >= 15 is 0 Å². The summed E-state index contributed by atoms with van der Waals surface area (Å²) in [5, 5.41) is 3.80. The van der Waals surface area contributed by atoms with Gasteiger partial charge in [0.25, 0.3) is 0 Å². The number of hydrogen-bond donors (Lipinski definition) is 0. The summed E-state index contributed by atoms with van der Waals surface area (Å²) in [5.41, 5.74) is 0.629. The molecular formula is C8H12N2O2S. The van der Waals surface area contributed by atoms with E-state index in [4.69, 9.17) is 0 Å². The van der Waals surface area contributed by atoms with Gasteiger partial charge in [0.1, 0.15) is 4.90 Å². The van der Waals surface area contributed by atoms with Gasteiger partial charge in [-0.1, -0.05) is 12.2 Å². The fourth-order valence-corrected chi connectivity index (χ4v) is 2.30. The molecule has 1 heterocycles. The molecule has 0 aliphatic carbocycles. The molecule has 1 rings (SSSR count). The molecular weight excluding hydrogens is 188 g/mol. The molecule has 4 nitrogen and oxygen atoms in total. The van der Waals surface area contributed by atoms with Crippen LogP contribution in [0.25, 0.3) is 0 Å². The zero-order chi connectivity index (χ0) is 10.1. The minimum Gasteiger partial charge on any atom is -0.274 e. The number of sulfone groups is 1. The lowest BCUT2D eigenvalue weighted by Gasteiger charge is -1.98. The van der Waals surface area contributed by atoms with E-state index < -0.39 is 9.84 Å². The Bertz CT molecular complexity index is 417. The first-order chi connectivity index (χ1) is 5.92. The van der Waals surface area contributed by atoms with E-state index in [1.807, 2.05) is 0 Å². The largest absolute Gasteiger partial charge is 0.274 e. The highest BCUT2D eigenvalue weighted by molar-refractivity contribution is 7.91. The van der Waals surface area contributed by atoms with E-state index in [9.17, 15) is 8.42 Å². The molecule has 0 fully saturated rings. The first-order valence-electron chi connectivity index (χ1n) is 3.77. The van der Waals surface area contributed by atoms with E-state index in [-0.39, 0.29) is 10.6 Å². The summed E-state index contributed by atoms with van der Waals surface area (Å²) in [6.45, 7) is 5.25. The first kappa shape index (κ1) is 9.98. The molecule has 0 radical (unpaired) electrons. The van der Waals surface area contributed by atoms with Gasteiger partial charge in [0.2, 0.25) is 0 Å². The highest BCUT2D eigenvalue weighted by Gasteiger charge is 2.15. The molecule has 5 heteroatoms. The molecule has 13 heavy (non-hydrogen) atoms. The van der Waals surface area contributed by atoms with E-state index in [1.54, 1.807) is 14.0 Å². The maximum absolute atomic E-state index is 11.5. The Morgan fingerprint density at radius 2 is 2.31 bits per heavy atom. The Kier molecular flexibility index (Phi) is 2.56. The normalized spacial score (nSPS) is 11.5. The minimum atomic E-state index is -3.22. The Morgan fingerprint density at radius 3 is 2.69 bits per heavy atom. The second kappa shape index (κ2) is 3.33. The van der Waals surface area contributed by atoms with Crippen LogP contribution in [0.5, 0.6) is 0 Å². The summed E-state index contributed by atoms with van der Waals surface area (Å²) >= 11 is 0. The predicted molar refractivity (Wildman–Crippen MR) is 50.1 cm³/mol. The van der Waals surface area contributed by atoms with E-state index in [0.717, 1.165) is 0 Å². The zero-order valence-corrected chi connectivity index (χ0v) is 8.50. The Labute approximate surface area is 77.8 Å². The van der Waals surface area contributed by atoms with Crippen molar-refractivity contribution >= 4 is 9.84 Å². The standard InChI is InChI=1S/C8H12N2O2S/c1-7(2)6-13(11,12)8-4-9-10(3)5-8/h4-5H,1,6H2,2-3H3. The van der Waals surface area contributed by atoms with Gasteiger partial charge >= 0.3 is 0 Å². The molecule has 0 saturated carbocycles. The van der Waals surface area contributed by atoms with Crippen LogP contribution in [-0.2, 0) is 16.9 Å². The number of rotatable bonds is 3. The van der Waals surface area contributed by atoms with Crippen molar-refractivity contribution in [2.45, 2.75) is 11.8 Å². The fourth-order valence-electron chi connectivity index (χ4n) is 0.967. The molecule has 0 amide bonds. The van der Waals surface area contributed by atoms with Crippen molar-refractivity contribution in [2.75, 3.05) is 5.75 Å². The van der Waals surface area contributed by atoms with Gasteiger partial charge in [0.15, 0.2) is 9.84 Å². The highest BCUT2D eigenvalue weighted by atomic mass is 32.2. The second-order valence-corrected chi connectivity index (χ2v) is 5.06. The summed E-state index contributed by atoms with van der Waals surface area (Å²) in [5.74, 6) is -0.0152. The SMILES string of the molecule is C=C(C)CS(=O)(=O)c1cnn(C)c1. The quantitative estimate of drug-likeness (QED) is 0.677. The highest BCUT2D eigenvalue weighted by Crippen LogP contribution is 2.11. The lowest BCUT2D eigenvalue weighted by Crippen LogP contribution is -2.06. The lowest BCUT2D eigenvalue weighted by molar-refractivity contribution is 0.598. The maximum Gasteiger partial charge on any atom is 0.185 e. The molecule has 1 aromatic rings. The number of aryl methyl sites for hydroxylation is 1. The van der Waals surface area contributed by atoms with Gasteiger partial charge in [-0.25, -0.2) is 8.42 Å². The summed E-state index contributed by atoms with van der Waals surface area (Å²) in [7, 11) is -1.54. The van der Waals surface area contributed by atoms with Crippen LogP contribution < -0.4 is 0 Å². The average molecular weight is 200 g/mol. The maximum atomic E-state index is 11.5. The van der Waals surface area contributed by atoms with Gasteiger partial charge in [0.05, 0.1) is 11.9 Å². The second-order valence-electron chi connectivity index (χ2n) is 3.07. The van der Waals surface area contributed by atoms with Crippen molar-refractivity contribution < 1.29 is 8.42 Å². The number of aromatic nitrogens is 2. The van der Waals surface area contributed by atoms with Crippen LogP contribution in [-0.4, -0.2) is 24.0 Å². The van der Waals surface area contributed by atoms with Gasteiger partial charge in [-0.15, -0.1) is 0 Å². The fraction of sp³-hybridized carbons (Fsp3) is 0.375. The molecule has 0 spiro atoms. The van der Waals surface area contributed by atoms with E-state index in [0.29, 0.717) is 5.57 Å². The van der Waals surface area contributed by atoms with Gasteiger partial charge in [0, 0.05) is 13.2 Å². The topological polar surface area (TPSA) is 52.0 Å². The monoisotopic (exact) mass is 200 g/mol. The van der Waals surface area contributed by atoms with Crippen molar-refractivity contribution in [3.8, 4) is 0 Å². The molecule has 72 valence electrons. The number of nitrogens with zero attached hydrogens (tertiary/aromatic N) is 2. The molecule has 0 unspecified atom stereocenters. The summed E-state index contributed by atoms with van der Waals surface area (Å²) < 4.78 is 24.5. The van der Waals surface area contributed by atoms with Crippen LogP contribution in [0.1, 0.15) is 6.92 Å². The van der Waals surface area contributed by atoms with Crippen molar-refractivity contribution in [1.82, 2.24) is 9.78 Å². The minimum absolute atomic E-state index is 0.0152. The number of hydrogen-bond acceptors (Lipinski definition) is 3. The summed E-state index contributed by atoms with van der Waals surface area (Å²) in [6.07, 6.45) is 2.83. The van der Waals surface area contributed by atoms with Crippen LogP contribution >= 0.6 is 0 Å². The van der Waals surface area contributed by atoms with Gasteiger partial charge in [-0.2, -0.15) is 5.10 Å². The van der Waals surface area contributed by atoms with Crippen LogP contribution in [0.2, 0.25) is 0 Å². The Hall–Kier alpha value is -1.10. The first-order valence-corrected chi connectivity index (χ1v) is 5.43. The Morgan fingerprint density at radius 1 is 1.69 bits per heavy atom. The summed E-state index contributed by atoms with van der Waals surface area (Å²) in [6, 6.07) is 0. The van der Waals surface area contributed by atoms with Gasteiger partial charge < -0.3 is 0 Å². The van der Waals surface area contributed by atoms with Gasteiger partial charge in [-0.05, 0) is 6.92 Å². The van der Waals surface area contributed by atoms with E-state index in [1.165, 1.54) is 17.1 Å². The van der Waals surface area contributed by atoms with Gasteiger partial charge in [-0.3, -0.25) is 4.68 Å². The summed E-state index contributed by atoms with van der Waals surface area (Å²) in [4.78, 5) is 0.248. The third-order valence-electron chi connectivity index (χ3n) is 1.48. The predicted octanol–water partition coefficient (Wildman–Crippen LogP) is 0.770. The van der Waals surface area contributed by atoms with Crippen LogP contribution in [0.15, 0.2) is 29.4 Å². The molecule has 0 N–H and O–H groups in total. The third kappa shape index (κ3) is 2.42. The molecule has 1 aromatic heterocycles. The Balaban J connectivity index is 3.01. The average Bonchev–Trinajstić information content (AvgIpc) is 2.32. The molecule has 0 aliphatic rings. The molecule has 0 bridgehead atoms. The molecule has 0 atom stereocenters. The molecule has 0 aliphatic heterocycles. The third-order valence-corrected chi connectivity index (χ3v) is 3.28. The van der Waals surface area contributed by atoms with Crippen molar-refractivity contribution in [2.24, 2.45) is 7.05 Å². The van der Waals surface area contributed by atoms with Crippen LogP contribution in [0, 0.1) is 0 Å². The van der Waals surface area contributed by atoms with Crippen LogP contribution in [0.4, 0.5) is 0 Å². The molecule has 0 aromatic carbocycles. The van der Waals surface area contributed by atoms with Crippen molar-refractivity contribution in [1.29, 1.82) is 0 Å². The van der Waals surface area contributed by atoms with E-state index in [2.05, 4.69) is 11.7 Å². The smallest absolute Gasteiger partial charge is 0.185 e. The van der Waals surface area contributed by atoms with Crippen LogP contribution in [0.3, 0.4) is 0 Å². The lowest BCUT2D eigenvalue weighted by atomic mass is 10.4. The van der Waals surface area contributed by atoms with Crippen molar-refractivity contribution in [3.63, 3.8) is 0 Å². The molecule has 0 saturated heterocycles. The van der Waals surface area contributed by atoms with Crippen molar-refractivity contribution in [3.05, 3.63) is 24.5 Å².